The average Bonchev–Trinajstić information content (AvgIpc) is 2.94. The Morgan fingerprint density at radius 1 is 1.26 bits per heavy atom. The quantitative estimate of drug-likeness (QED) is 0.441. The molecule has 19 heavy (non-hydrogen) atoms. The van der Waals surface area contributed by atoms with Crippen molar-refractivity contribution in [3.63, 3.8) is 0 Å². The largest absolute Gasteiger partial charge is 0.459 e. The van der Waals surface area contributed by atoms with Crippen molar-refractivity contribution in [1.82, 2.24) is 9.97 Å². The summed E-state index contributed by atoms with van der Waals surface area (Å²) >= 11 is 4.15. The van der Waals surface area contributed by atoms with Crippen LogP contribution in [0.1, 0.15) is 11.7 Å². The first-order valence-corrected chi connectivity index (χ1v) is 6.11. The Hall–Kier alpha value is -1.19. The molecule has 1 aliphatic rings. The van der Waals surface area contributed by atoms with Gasteiger partial charge >= 0.3 is 0 Å². The van der Waals surface area contributed by atoms with Crippen LogP contribution in [0.5, 0.6) is 0 Å². The summed E-state index contributed by atoms with van der Waals surface area (Å²) < 4.78 is 10.7. The van der Waals surface area contributed by atoms with E-state index in [1.165, 1.54) is 12.6 Å². The fourth-order valence-electron chi connectivity index (χ4n) is 2.22. The van der Waals surface area contributed by atoms with Gasteiger partial charge in [0.15, 0.2) is 5.58 Å². The van der Waals surface area contributed by atoms with E-state index < -0.39 is 24.4 Å². The molecule has 102 valence electrons. The highest BCUT2D eigenvalue weighted by atomic mass is 32.1. The molecule has 0 radical (unpaired) electrons. The van der Waals surface area contributed by atoms with E-state index in [0.29, 0.717) is 21.7 Å². The van der Waals surface area contributed by atoms with Gasteiger partial charge in [-0.15, -0.1) is 12.6 Å². The molecule has 3 N–H and O–H groups in total. The van der Waals surface area contributed by atoms with Crippen LogP contribution in [0.25, 0.3) is 11.1 Å². The lowest BCUT2D eigenvalue weighted by Crippen LogP contribution is -2.32. The monoisotopic (exact) mass is 284 g/mol. The fraction of sp³-hybridized carbons (Fsp3) is 0.455. The first-order chi connectivity index (χ1) is 9.13. The number of furan rings is 1. The Morgan fingerprint density at radius 2 is 2.05 bits per heavy atom. The minimum absolute atomic E-state index is 0.378. The maximum Gasteiger partial charge on any atom is 0.184 e. The van der Waals surface area contributed by atoms with Gasteiger partial charge in [0, 0.05) is 5.56 Å². The Morgan fingerprint density at radius 3 is 2.74 bits per heavy atom. The van der Waals surface area contributed by atoms with Crippen molar-refractivity contribution in [3.8, 4) is 0 Å². The van der Waals surface area contributed by atoms with Gasteiger partial charge in [0.2, 0.25) is 0 Å². The molecule has 1 saturated heterocycles. The zero-order valence-electron chi connectivity index (χ0n) is 9.67. The number of rotatable bonds is 2. The summed E-state index contributed by atoms with van der Waals surface area (Å²) in [6.07, 6.45) is -1.24. The van der Waals surface area contributed by atoms with Crippen molar-refractivity contribution in [2.24, 2.45) is 0 Å². The lowest BCUT2D eigenvalue weighted by molar-refractivity contribution is -0.0226. The van der Waals surface area contributed by atoms with Gasteiger partial charge in [0.25, 0.3) is 0 Å². The lowest BCUT2D eigenvalue weighted by atomic mass is 10.0. The minimum Gasteiger partial charge on any atom is -0.459 e. The number of thiol groups is 1. The van der Waals surface area contributed by atoms with Crippen molar-refractivity contribution in [2.75, 3.05) is 6.61 Å². The maximum absolute atomic E-state index is 9.97. The molecule has 1 fully saturated rings. The zero-order chi connectivity index (χ0) is 13.6. The number of hydrogen-bond donors (Lipinski definition) is 4. The normalized spacial score (nSPS) is 31.2. The average molecular weight is 284 g/mol. The molecular weight excluding hydrogens is 272 g/mol. The van der Waals surface area contributed by atoms with Crippen molar-refractivity contribution in [2.45, 2.75) is 29.4 Å². The van der Waals surface area contributed by atoms with Crippen LogP contribution in [0.3, 0.4) is 0 Å². The number of aromatic nitrogens is 2. The number of nitrogens with zero attached hydrogens (tertiary/aromatic N) is 2. The number of fused-ring (bicyclic) bond motifs is 1. The van der Waals surface area contributed by atoms with Gasteiger partial charge in [0.1, 0.15) is 41.3 Å². The van der Waals surface area contributed by atoms with Gasteiger partial charge in [0.05, 0.1) is 12.9 Å². The summed E-state index contributed by atoms with van der Waals surface area (Å²) in [5.41, 5.74) is 1.35. The molecule has 8 heteroatoms. The molecule has 0 spiro atoms. The van der Waals surface area contributed by atoms with Crippen LogP contribution in [-0.4, -0.2) is 50.2 Å². The second kappa shape index (κ2) is 4.73. The van der Waals surface area contributed by atoms with Crippen LogP contribution in [0.2, 0.25) is 0 Å². The van der Waals surface area contributed by atoms with Crippen molar-refractivity contribution in [1.29, 1.82) is 0 Å². The molecule has 0 aromatic carbocycles. The lowest BCUT2D eigenvalue weighted by Gasteiger charge is -2.12. The van der Waals surface area contributed by atoms with E-state index in [-0.39, 0.29) is 6.61 Å². The van der Waals surface area contributed by atoms with Crippen LogP contribution < -0.4 is 0 Å². The van der Waals surface area contributed by atoms with E-state index in [4.69, 9.17) is 14.3 Å². The Labute approximate surface area is 113 Å². The first kappa shape index (κ1) is 12.8. The number of hydrogen-bond acceptors (Lipinski definition) is 8. The van der Waals surface area contributed by atoms with E-state index in [2.05, 4.69) is 22.6 Å². The summed E-state index contributed by atoms with van der Waals surface area (Å²) in [6.45, 7) is -0.378. The van der Waals surface area contributed by atoms with Crippen LogP contribution in [0, 0.1) is 0 Å². The van der Waals surface area contributed by atoms with Crippen molar-refractivity contribution >= 4 is 23.7 Å². The van der Waals surface area contributed by atoms with Gasteiger partial charge in [-0.3, -0.25) is 0 Å². The maximum atomic E-state index is 9.97. The number of aliphatic hydroxyl groups excluding tert-OH is 3. The summed E-state index contributed by atoms with van der Waals surface area (Å²) in [6, 6.07) is 0. The number of aliphatic hydroxyl groups is 3. The van der Waals surface area contributed by atoms with Gasteiger partial charge in [-0.2, -0.15) is 0 Å². The molecule has 4 atom stereocenters. The first-order valence-electron chi connectivity index (χ1n) is 5.67. The third-order valence-corrected chi connectivity index (χ3v) is 3.53. The van der Waals surface area contributed by atoms with Gasteiger partial charge in [-0.05, 0) is 0 Å². The highest BCUT2D eigenvalue weighted by Crippen LogP contribution is 2.37. The minimum atomic E-state index is -1.16. The molecule has 2 aromatic heterocycles. The molecule has 0 aliphatic carbocycles. The predicted molar refractivity (Wildman–Crippen MR) is 65.8 cm³/mol. The molecule has 3 heterocycles. The van der Waals surface area contributed by atoms with E-state index in [1.54, 1.807) is 0 Å². The smallest absolute Gasteiger partial charge is 0.184 e. The third-order valence-electron chi connectivity index (χ3n) is 3.21. The molecular formula is C11H12N2O5S. The van der Waals surface area contributed by atoms with E-state index >= 15 is 0 Å². The summed E-state index contributed by atoms with van der Waals surface area (Å²) in [7, 11) is 0. The van der Waals surface area contributed by atoms with E-state index in [1.807, 2.05) is 0 Å². The van der Waals surface area contributed by atoms with E-state index in [0.717, 1.165) is 0 Å². The molecule has 0 amide bonds. The second-order valence-corrected chi connectivity index (χ2v) is 4.75. The third kappa shape index (κ3) is 1.92. The molecule has 1 aliphatic heterocycles. The van der Waals surface area contributed by atoms with Crippen LogP contribution in [-0.2, 0) is 4.74 Å². The topological polar surface area (TPSA) is 109 Å². The van der Waals surface area contributed by atoms with Crippen LogP contribution in [0.4, 0.5) is 0 Å². The van der Waals surface area contributed by atoms with Gasteiger partial charge in [-0.25, -0.2) is 9.97 Å². The second-order valence-electron chi connectivity index (χ2n) is 4.32. The Kier molecular flexibility index (Phi) is 3.19. The summed E-state index contributed by atoms with van der Waals surface area (Å²) in [4.78, 5) is 7.95. The molecule has 7 nitrogen and oxygen atoms in total. The van der Waals surface area contributed by atoms with Crippen LogP contribution in [0.15, 0.2) is 22.0 Å². The fourth-order valence-corrected chi connectivity index (χ4v) is 2.43. The molecule has 0 saturated carbocycles. The highest BCUT2D eigenvalue weighted by molar-refractivity contribution is 7.80. The molecule has 2 aromatic rings. The molecule has 0 bridgehead atoms. The zero-order valence-corrected chi connectivity index (χ0v) is 10.6. The SMILES string of the molecule is OC[C@H]1O[C@@H](c2coc3c(S)ncnc23)[C@H](O)[C@@H]1O. The van der Waals surface area contributed by atoms with Crippen molar-refractivity contribution in [3.05, 3.63) is 18.2 Å². The standard InChI is InChI=1S/C11H12N2O5S/c14-1-5-7(15)8(16)9(18-5)4-2-17-10-6(4)12-3-13-11(10)19/h2-3,5,7-9,14-16H,1H2,(H,12,13,19)/t5-,7-,8-,9+/m1/s1. The highest BCUT2D eigenvalue weighted by Gasteiger charge is 2.44. The Balaban J connectivity index is 2.04. The molecule has 3 rings (SSSR count). The summed E-state index contributed by atoms with van der Waals surface area (Å²) in [5, 5.41) is 29.2. The molecule has 0 unspecified atom stereocenters. The van der Waals surface area contributed by atoms with Crippen molar-refractivity contribution < 1.29 is 24.5 Å². The predicted octanol–water partition coefficient (Wildman–Crippen LogP) is -0.335. The number of ether oxygens (including phenoxy) is 1. The summed E-state index contributed by atoms with van der Waals surface area (Å²) in [5.74, 6) is 0. The van der Waals surface area contributed by atoms with Crippen LogP contribution >= 0.6 is 12.6 Å². The van der Waals surface area contributed by atoms with Gasteiger partial charge in [-0.1, -0.05) is 0 Å². The van der Waals surface area contributed by atoms with E-state index in [9.17, 15) is 10.2 Å². The Bertz CT molecular complexity index is 604. The van der Waals surface area contributed by atoms with Gasteiger partial charge < -0.3 is 24.5 Å².